The molecule has 0 amide bonds. The maximum absolute atomic E-state index is 5.77. The summed E-state index contributed by atoms with van der Waals surface area (Å²) in [5.41, 5.74) is 1.37. The van der Waals surface area contributed by atoms with E-state index in [0.29, 0.717) is 12.0 Å². The molecule has 1 aliphatic carbocycles. The van der Waals surface area contributed by atoms with Gasteiger partial charge in [0.1, 0.15) is 11.1 Å². The van der Waals surface area contributed by atoms with E-state index >= 15 is 0 Å². The summed E-state index contributed by atoms with van der Waals surface area (Å²) in [7, 11) is 0. The van der Waals surface area contributed by atoms with Gasteiger partial charge in [-0.15, -0.1) is 11.3 Å². The van der Waals surface area contributed by atoms with E-state index in [4.69, 9.17) is 9.72 Å². The van der Waals surface area contributed by atoms with Gasteiger partial charge in [-0.2, -0.15) is 0 Å². The summed E-state index contributed by atoms with van der Waals surface area (Å²) in [6.45, 7) is 5.21. The number of thiazole rings is 1. The number of hydrogen-bond donors (Lipinski definition) is 1. The van der Waals surface area contributed by atoms with Gasteiger partial charge in [0.25, 0.3) is 0 Å². The zero-order valence-electron chi connectivity index (χ0n) is 11.1. The minimum Gasteiger partial charge on any atom is -0.371 e. The molecule has 0 saturated carbocycles. The number of aryl methyl sites for hydroxylation is 1. The maximum Gasteiger partial charge on any atom is 0.122 e. The molecule has 0 radical (unpaired) electrons. The second-order valence-electron chi connectivity index (χ2n) is 5.26. The van der Waals surface area contributed by atoms with Gasteiger partial charge < -0.3 is 10.1 Å². The number of nitrogens with zero attached hydrogens (tertiary/aromatic N) is 1. The van der Waals surface area contributed by atoms with Gasteiger partial charge in [0.2, 0.25) is 0 Å². The summed E-state index contributed by atoms with van der Waals surface area (Å²) in [6, 6.07) is 0. The third kappa shape index (κ3) is 2.46. The highest BCUT2D eigenvalue weighted by molar-refractivity contribution is 7.11. The van der Waals surface area contributed by atoms with Crippen molar-refractivity contribution in [2.75, 3.05) is 19.7 Å². The molecule has 1 aromatic heterocycles. The second-order valence-corrected chi connectivity index (χ2v) is 6.37. The van der Waals surface area contributed by atoms with Gasteiger partial charge in [0.15, 0.2) is 0 Å². The first-order valence-corrected chi connectivity index (χ1v) is 8.02. The van der Waals surface area contributed by atoms with E-state index in [1.807, 2.05) is 11.3 Å². The molecular formula is C14H22N2OS. The van der Waals surface area contributed by atoms with Gasteiger partial charge in [-0.3, -0.25) is 0 Å². The van der Waals surface area contributed by atoms with E-state index < -0.39 is 0 Å². The molecule has 0 aromatic carbocycles. The molecule has 0 bridgehead atoms. The zero-order chi connectivity index (χ0) is 12.4. The molecule has 1 saturated heterocycles. The Hall–Kier alpha value is -0.450. The molecule has 0 spiro atoms. The van der Waals surface area contributed by atoms with Crippen molar-refractivity contribution in [1.82, 2.24) is 10.3 Å². The third-order valence-electron chi connectivity index (χ3n) is 3.93. The SMILES string of the molecule is CCNCC1CCCc2sc(C3CCCO3)nc21. The molecule has 2 atom stereocenters. The number of aromatic nitrogens is 1. The number of hydrogen-bond acceptors (Lipinski definition) is 4. The molecule has 2 aliphatic rings. The minimum absolute atomic E-state index is 0.292. The van der Waals surface area contributed by atoms with Crippen LogP contribution >= 0.6 is 11.3 Å². The average molecular weight is 266 g/mol. The Morgan fingerprint density at radius 3 is 3.11 bits per heavy atom. The van der Waals surface area contributed by atoms with Crippen LogP contribution in [0.15, 0.2) is 0 Å². The quantitative estimate of drug-likeness (QED) is 0.909. The van der Waals surface area contributed by atoms with Crippen molar-refractivity contribution in [2.24, 2.45) is 0 Å². The number of likely N-dealkylation sites (N-methyl/N-ethyl adjacent to an activating group) is 1. The summed E-state index contributed by atoms with van der Waals surface area (Å²) >= 11 is 1.91. The fourth-order valence-electron chi connectivity index (χ4n) is 2.95. The van der Waals surface area contributed by atoms with Crippen LogP contribution in [-0.4, -0.2) is 24.7 Å². The molecule has 3 rings (SSSR count). The smallest absolute Gasteiger partial charge is 0.122 e. The van der Waals surface area contributed by atoms with Crippen LogP contribution in [0.2, 0.25) is 0 Å². The van der Waals surface area contributed by atoms with Gasteiger partial charge in [0.05, 0.1) is 5.69 Å². The molecule has 3 nitrogen and oxygen atoms in total. The van der Waals surface area contributed by atoms with Crippen LogP contribution in [-0.2, 0) is 11.2 Å². The van der Waals surface area contributed by atoms with E-state index in [9.17, 15) is 0 Å². The van der Waals surface area contributed by atoms with E-state index in [-0.39, 0.29) is 0 Å². The van der Waals surface area contributed by atoms with Crippen molar-refractivity contribution in [3.8, 4) is 0 Å². The number of fused-ring (bicyclic) bond motifs is 1. The van der Waals surface area contributed by atoms with Crippen LogP contribution in [0.5, 0.6) is 0 Å². The summed E-state index contributed by atoms with van der Waals surface area (Å²) in [6.07, 6.45) is 6.47. The van der Waals surface area contributed by atoms with Crippen LogP contribution in [0.25, 0.3) is 0 Å². The first kappa shape index (κ1) is 12.6. The molecule has 100 valence electrons. The molecular weight excluding hydrogens is 244 g/mol. The van der Waals surface area contributed by atoms with Crippen LogP contribution in [0.4, 0.5) is 0 Å². The lowest BCUT2D eigenvalue weighted by Crippen LogP contribution is -2.24. The third-order valence-corrected chi connectivity index (χ3v) is 5.16. The maximum atomic E-state index is 5.77. The lowest BCUT2D eigenvalue weighted by Gasteiger charge is -2.21. The van der Waals surface area contributed by atoms with Gasteiger partial charge in [-0.25, -0.2) is 4.98 Å². The number of rotatable bonds is 4. The van der Waals surface area contributed by atoms with Crippen molar-refractivity contribution in [2.45, 2.75) is 51.0 Å². The highest BCUT2D eigenvalue weighted by atomic mass is 32.1. The first-order valence-electron chi connectivity index (χ1n) is 7.20. The summed E-state index contributed by atoms with van der Waals surface area (Å²) in [5.74, 6) is 0.625. The molecule has 4 heteroatoms. The first-order chi connectivity index (χ1) is 8.88. The van der Waals surface area contributed by atoms with E-state index in [1.165, 1.54) is 41.3 Å². The Bertz CT molecular complexity index is 398. The van der Waals surface area contributed by atoms with Crippen LogP contribution in [0.3, 0.4) is 0 Å². The molecule has 2 heterocycles. The fraction of sp³-hybridized carbons (Fsp3) is 0.786. The molecule has 1 aromatic rings. The van der Waals surface area contributed by atoms with Crippen molar-refractivity contribution in [1.29, 1.82) is 0 Å². The monoisotopic (exact) mass is 266 g/mol. The van der Waals surface area contributed by atoms with Crippen LogP contribution in [0, 0.1) is 0 Å². The van der Waals surface area contributed by atoms with Gasteiger partial charge in [-0.1, -0.05) is 6.92 Å². The minimum atomic E-state index is 0.292. The van der Waals surface area contributed by atoms with Crippen LogP contribution in [0.1, 0.15) is 60.2 Å². The summed E-state index contributed by atoms with van der Waals surface area (Å²) in [4.78, 5) is 6.44. The van der Waals surface area contributed by atoms with Gasteiger partial charge in [0, 0.05) is 23.9 Å². The Morgan fingerprint density at radius 1 is 1.39 bits per heavy atom. The Balaban J connectivity index is 1.78. The number of nitrogens with one attached hydrogen (secondary N) is 1. The lowest BCUT2D eigenvalue weighted by atomic mass is 9.91. The topological polar surface area (TPSA) is 34.1 Å². The van der Waals surface area contributed by atoms with Crippen molar-refractivity contribution in [3.63, 3.8) is 0 Å². The molecule has 1 aliphatic heterocycles. The van der Waals surface area contributed by atoms with E-state index in [2.05, 4.69) is 12.2 Å². The van der Waals surface area contributed by atoms with Gasteiger partial charge >= 0.3 is 0 Å². The highest BCUT2D eigenvalue weighted by Crippen LogP contribution is 2.39. The normalized spacial score (nSPS) is 27.4. The van der Waals surface area contributed by atoms with E-state index in [0.717, 1.165) is 26.1 Å². The van der Waals surface area contributed by atoms with Crippen molar-refractivity contribution < 1.29 is 4.74 Å². The zero-order valence-corrected chi connectivity index (χ0v) is 11.9. The Kier molecular flexibility index (Phi) is 3.97. The Labute approximate surface area is 113 Å². The second kappa shape index (κ2) is 5.68. The van der Waals surface area contributed by atoms with Crippen LogP contribution < -0.4 is 5.32 Å². The number of ether oxygens (including phenoxy) is 1. The highest BCUT2D eigenvalue weighted by Gasteiger charge is 2.28. The standard InChI is InChI=1S/C14H22N2OS/c1-2-15-9-10-5-3-7-12-13(10)16-14(18-12)11-6-4-8-17-11/h10-11,15H,2-9H2,1H3. The molecule has 1 N–H and O–H groups in total. The van der Waals surface area contributed by atoms with Gasteiger partial charge in [-0.05, 0) is 38.6 Å². The largest absolute Gasteiger partial charge is 0.371 e. The van der Waals surface area contributed by atoms with Crippen molar-refractivity contribution in [3.05, 3.63) is 15.6 Å². The summed E-state index contributed by atoms with van der Waals surface area (Å²) in [5, 5.41) is 4.71. The summed E-state index contributed by atoms with van der Waals surface area (Å²) < 4.78 is 5.77. The molecule has 18 heavy (non-hydrogen) atoms. The van der Waals surface area contributed by atoms with Crippen molar-refractivity contribution >= 4 is 11.3 Å². The molecule has 1 fully saturated rings. The van der Waals surface area contributed by atoms with E-state index in [1.54, 1.807) is 0 Å². The fourth-order valence-corrected chi connectivity index (χ4v) is 4.23. The lowest BCUT2D eigenvalue weighted by molar-refractivity contribution is 0.111. The average Bonchev–Trinajstić information content (AvgIpc) is 3.03. The molecule has 2 unspecified atom stereocenters. The predicted molar refractivity (Wildman–Crippen MR) is 74.3 cm³/mol. The Morgan fingerprint density at radius 2 is 2.33 bits per heavy atom. The predicted octanol–water partition coefficient (Wildman–Crippen LogP) is 3.02.